The lowest BCUT2D eigenvalue weighted by Gasteiger charge is -2.17. The molecule has 0 aliphatic heterocycles. The topological polar surface area (TPSA) is 9.86 Å². The Hall–Kier alpha value is -7.60. The number of hydrogen-bond acceptors (Lipinski definition) is 0. The molecule has 0 amide bonds. The van der Waals surface area contributed by atoms with E-state index in [1.54, 1.807) is 0 Å². The molecule has 0 saturated carbocycles. The molecular weight excluding hydrogens is 701 g/mol. The van der Waals surface area contributed by atoms with Crippen molar-refractivity contribution in [3.05, 3.63) is 216 Å². The van der Waals surface area contributed by atoms with Crippen molar-refractivity contribution in [3.8, 4) is 33.6 Å². The van der Waals surface area contributed by atoms with Gasteiger partial charge in [0.15, 0.2) is 0 Å². The van der Waals surface area contributed by atoms with Crippen LogP contribution >= 0.6 is 0 Å². The van der Waals surface area contributed by atoms with Crippen LogP contribution in [0.15, 0.2) is 200 Å². The zero-order valence-corrected chi connectivity index (χ0v) is 31.8. The van der Waals surface area contributed by atoms with Gasteiger partial charge >= 0.3 is 0 Å². The van der Waals surface area contributed by atoms with E-state index < -0.39 is 0 Å². The summed E-state index contributed by atoms with van der Waals surface area (Å²) in [5.74, 6) is 0. The van der Waals surface area contributed by atoms with Gasteiger partial charge < -0.3 is 9.13 Å². The van der Waals surface area contributed by atoms with E-state index in [0.717, 1.165) is 24.0 Å². The highest BCUT2D eigenvalue weighted by Crippen LogP contribution is 2.43. The lowest BCUT2D eigenvalue weighted by molar-refractivity contribution is 0.887. The van der Waals surface area contributed by atoms with Gasteiger partial charge in [-0.05, 0) is 93.7 Å². The summed E-state index contributed by atoms with van der Waals surface area (Å²) in [6.45, 7) is 0. The molecule has 8 aromatic carbocycles. The second-order valence-corrected chi connectivity index (χ2v) is 15.4. The number of aromatic nitrogens is 2. The van der Waals surface area contributed by atoms with Crippen LogP contribution in [0.1, 0.15) is 23.2 Å². The van der Waals surface area contributed by atoms with Crippen molar-refractivity contribution in [2.45, 2.75) is 12.8 Å². The van der Waals surface area contributed by atoms with Crippen LogP contribution in [-0.2, 0) is 6.42 Å². The van der Waals surface area contributed by atoms with Crippen molar-refractivity contribution < 1.29 is 0 Å². The Morgan fingerprint density at radius 3 is 1.93 bits per heavy atom. The quantitative estimate of drug-likeness (QED) is 0.156. The lowest BCUT2D eigenvalue weighted by atomic mass is 9.90. The molecule has 2 aliphatic rings. The van der Waals surface area contributed by atoms with Gasteiger partial charge in [-0.2, -0.15) is 0 Å². The van der Waals surface area contributed by atoms with Crippen molar-refractivity contribution in [1.82, 2.24) is 9.13 Å². The molecule has 270 valence electrons. The molecule has 2 aliphatic carbocycles. The van der Waals surface area contributed by atoms with E-state index in [1.165, 1.54) is 99.1 Å². The largest absolute Gasteiger partial charge is 0.312 e. The summed E-state index contributed by atoms with van der Waals surface area (Å²) in [5.41, 5.74) is 22.3. The molecule has 0 saturated heterocycles. The number of rotatable bonds is 5. The molecule has 0 unspecified atom stereocenters. The smallest absolute Gasteiger partial charge is 0.0547 e. The molecule has 12 rings (SSSR count). The summed E-state index contributed by atoms with van der Waals surface area (Å²) in [4.78, 5) is 0. The zero-order valence-electron chi connectivity index (χ0n) is 31.8. The minimum Gasteiger partial charge on any atom is -0.312 e. The Bertz CT molecular complexity index is 3520. The van der Waals surface area contributed by atoms with Crippen molar-refractivity contribution >= 4 is 65.9 Å². The predicted molar refractivity (Wildman–Crippen MR) is 245 cm³/mol. The standard InChI is InChI=1S/C56H36N2/c1-2-15-37(16-3-1)42-22-6-9-27-50(42)57-52-28-10-7-23-46(52)48-33-31-40(35-54(48)57)44-25-12-19-39-20-13-26-45(56(39)44)41-32-34-49-47-24-8-11-29-53(47)58(55(49)36-41)51-30-14-18-38-17-4-5-21-43(38)51/h1-2,4-9,11-15,17-27,29-36H,10,28H2. The van der Waals surface area contributed by atoms with Gasteiger partial charge in [0.1, 0.15) is 0 Å². The summed E-state index contributed by atoms with van der Waals surface area (Å²) < 4.78 is 4.98. The molecule has 2 heterocycles. The van der Waals surface area contributed by atoms with Crippen LogP contribution in [0.3, 0.4) is 0 Å². The minimum absolute atomic E-state index is 0.991. The third kappa shape index (κ3) is 4.94. The van der Waals surface area contributed by atoms with E-state index in [1.807, 2.05) is 12.2 Å². The van der Waals surface area contributed by atoms with Crippen molar-refractivity contribution in [3.63, 3.8) is 0 Å². The predicted octanol–water partition coefficient (Wildman–Crippen LogP) is 14.6. The van der Waals surface area contributed by atoms with E-state index in [4.69, 9.17) is 0 Å². The second kappa shape index (κ2) is 13.0. The van der Waals surface area contributed by atoms with Gasteiger partial charge in [0, 0.05) is 43.9 Å². The summed E-state index contributed by atoms with van der Waals surface area (Å²) in [6, 6.07) is 60.5. The monoisotopic (exact) mass is 736 g/mol. The molecule has 2 heteroatoms. The van der Waals surface area contributed by atoms with E-state index in [-0.39, 0.29) is 0 Å². The Balaban J connectivity index is 1.09. The van der Waals surface area contributed by atoms with Gasteiger partial charge in [-0.3, -0.25) is 0 Å². The number of hydrogen-bond donors (Lipinski definition) is 0. The van der Waals surface area contributed by atoms with Crippen LogP contribution in [0.4, 0.5) is 0 Å². The van der Waals surface area contributed by atoms with E-state index >= 15 is 0 Å². The van der Waals surface area contributed by atoms with Gasteiger partial charge in [-0.25, -0.2) is 0 Å². The fourth-order valence-electron chi connectivity index (χ4n) is 9.69. The first-order chi connectivity index (χ1) is 28.8. The maximum Gasteiger partial charge on any atom is 0.0547 e. The summed E-state index contributed by atoms with van der Waals surface area (Å²) in [7, 11) is 0. The summed E-state index contributed by atoms with van der Waals surface area (Å²) in [5, 5.41) is 8.75. The van der Waals surface area contributed by atoms with E-state index in [2.05, 4.69) is 203 Å². The molecule has 0 fully saturated rings. The van der Waals surface area contributed by atoms with Gasteiger partial charge in [0.05, 0.1) is 27.9 Å². The van der Waals surface area contributed by atoms with E-state index in [9.17, 15) is 0 Å². The average molecular weight is 737 g/mol. The highest BCUT2D eigenvalue weighted by Gasteiger charge is 2.22. The molecule has 0 spiro atoms. The van der Waals surface area contributed by atoms with Crippen LogP contribution in [0.2, 0.25) is 0 Å². The van der Waals surface area contributed by atoms with Gasteiger partial charge in [-0.1, -0.05) is 163 Å². The molecular formula is C56H36N2. The van der Waals surface area contributed by atoms with Crippen LogP contribution in [-0.4, -0.2) is 9.13 Å². The average Bonchev–Trinajstić information content (AvgIpc) is 3.80. The van der Waals surface area contributed by atoms with Crippen molar-refractivity contribution in [2.75, 3.05) is 0 Å². The molecule has 0 N–H and O–H groups in total. The first-order valence-electron chi connectivity index (χ1n) is 20.2. The number of allylic oxidation sites excluding steroid dienone is 5. The minimum atomic E-state index is 0.991. The third-order valence-corrected chi connectivity index (χ3v) is 12.2. The molecule has 0 radical (unpaired) electrons. The molecule has 10 aromatic rings. The molecule has 0 atom stereocenters. The van der Waals surface area contributed by atoms with Gasteiger partial charge in [0.2, 0.25) is 0 Å². The number of benzene rings is 8. The normalized spacial score (nSPS) is 13.3. The zero-order chi connectivity index (χ0) is 38.2. The SMILES string of the molecule is C1=C=C(c2ccccc2-n2c3c(c4ccc(-c5cccc6cccc(-c7ccc8c9ccccc9n(-c9cccc%10ccccc9%10)c8c7)c56)cc42)C=CCC3)C=CC=1. The van der Waals surface area contributed by atoms with Crippen LogP contribution in [0, 0.1) is 0 Å². The van der Waals surface area contributed by atoms with Gasteiger partial charge in [0.25, 0.3) is 0 Å². The Labute approximate surface area is 336 Å². The van der Waals surface area contributed by atoms with Crippen LogP contribution < -0.4 is 0 Å². The van der Waals surface area contributed by atoms with Crippen molar-refractivity contribution in [1.29, 1.82) is 0 Å². The van der Waals surface area contributed by atoms with Gasteiger partial charge in [-0.15, -0.1) is 0 Å². The number of fused-ring (bicyclic) bond motifs is 8. The number of para-hydroxylation sites is 2. The van der Waals surface area contributed by atoms with Crippen molar-refractivity contribution in [2.24, 2.45) is 0 Å². The highest BCUT2D eigenvalue weighted by atomic mass is 15.0. The molecule has 58 heavy (non-hydrogen) atoms. The number of nitrogens with zero attached hydrogens (tertiary/aromatic N) is 2. The Morgan fingerprint density at radius 1 is 0.466 bits per heavy atom. The first-order valence-corrected chi connectivity index (χ1v) is 20.2. The lowest BCUT2D eigenvalue weighted by Crippen LogP contribution is -2.05. The fourth-order valence-corrected chi connectivity index (χ4v) is 9.69. The summed E-state index contributed by atoms with van der Waals surface area (Å²) in [6.07, 6.45) is 12.8. The Morgan fingerprint density at radius 2 is 1.10 bits per heavy atom. The molecule has 2 aromatic heterocycles. The highest BCUT2D eigenvalue weighted by molar-refractivity contribution is 6.13. The first kappa shape index (κ1) is 32.6. The Kier molecular flexibility index (Phi) is 7.30. The van der Waals surface area contributed by atoms with E-state index in [0.29, 0.717) is 0 Å². The maximum absolute atomic E-state index is 3.38. The molecule has 2 nitrogen and oxygen atoms in total. The fraction of sp³-hybridized carbons (Fsp3) is 0.0357. The maximum atomic E-state index is 3.38. The summed E-state index contributed by atoms with van der Waals surface area (Å²) >= 11 is 0. The third-order valence-electron chi connectivity index (χ3n) is 12.2. The molecule has 0 bridgehead atoms. The second-order valence-electron chi connectivity index (χ2n) is 15.4. The van der Waals surface area contributed by atoms with Crippen LogP contribution in [0.25, 0.3) is 99.5 Å². The van der Waals surface area contributed by atoms with Crippen LogP contribution in [0.5, 0.6) is 0 Å².